The summed E-state index contributed by atoms with van der Waals surface area (Å²) in [6.45, 7) is 5.44. The maximum absolute atomic E-state index is 13.9. The maximum Gasteiger partial charge on any atom is 0.244 e. The van der Waals surface area contributed by atoms with Crippen LogP contribution in [0.3, 0.4) is 0 Å². The summed E-state index contributed by atoms with van der Waals surface area (Å²) >= 11 is 1.54. The maximum atomic E-state index is 13.9. The number of likely N-dealkylation sites (tertiary alicyclic amines) is 1. The predicted octanol–water partition coefficient (Wildman–Crippen LogP) is 2.73. The first kappa shape index (κ1) is 21.2. The summed E-state index contributed by atoms with van der Waals surface area (Å²) in [5, 5.41) is 0. The van der Waals surface area contributed by atoms with E-state index in [1.54, 1.807) is 16.7 Å². The van der Waals surface area contributed by atoms with Gasteiger partial charge in [-0.05, 0) is 48.8 Å². The van der Waals surface area contributed by atoms with E-state index >= 15 is 0 Å². The summed E-state index contributed by atoms with van der Waals surface area (Å²) in [7, 11) is -4.11. The van der Waals surface area contributed by atoms with Crippen molar-refractivity contribution in [2.24, 2.45) is 11.8 Å². The van der Waals surface area contributed by atoms with Gasteiger partial charge in [-0.3, -0.25) is 4.79 Å². The van der Waals surface area contributed by atoms with Crippen molar-refractivity contribution in [2.75, 3.05) is 25.1 Å². The number of halogens is 1. The lowest BCUT2D eigenvalue weighted by atomic mass is 9.91. The molecule has 1 aliphatic rings. The van der Waals surface area contributed by atoms with Crippen molar-refractivity contribution in [3.63, 3.8) is 0 Å². The van der Waals surface area contributed by atoms with Gasteiger partial charge in [0.15, 0.2) is 0 Å². The number of amides is 1. The molecule has 1 fully saturated rings. The largest absolute Gasteiger partial charge is 0.341 e. The van der Waals surface area contributed by atoms with Crippen LogP contribution in [-0.2, 0) is 14.8 Å². The normalized spacial score (nSPS) is 22.2. The van der Waals surface area contributed by atoms with Crippen LogP contribution in [0, 0.1) is 17.7 Å². The number of sulfonamides is 1. The Hall–Kier alpha value is -1.12. The molecule has 0 radical (unpaired) electrons. The molecule has 2 rings (SSSR count). The van der Waals surface area contributed by atoms with Crippen molar-refractivity contribution < 1.29 is 17.6 Å². The highest BCUT2D eigenvalue weighted by Crippen LogP contribution is 2.23. The summed E-state index contributed by atoms with van der Waals surface area (Å²) < 4.78 is 41.6. The van der Waals surface area contributed by atoms with Gasteiger partial charge in [-0.15, -0.1) is 0 Å². The average molecular weight is 403 g/mol. The van der Waals surface area contributed by atoms with Gasteiger partial charge in [-0.1, -0.05) is 26.0 Å². The molecular formula is C18H27FN2O3S2. The van der Waals surface area contributed by atoms with E-state index in [1.807, 2.05) is 6.26 Å². The van der Waals surface area contributed by atoms with Gasteiger partial charge in [0, 0.05) is 13.1 Å². The molecule has 0 saturated carbocycles. The third-order valence-electron chi connectivity index (χ3n) is 4.51. The molecule has 1 amide bonds. The zero-order valence-corrected chi connectivity index (χ0v) is 17.1. The SMILES string of the molecule is CSCCC(NS(=O)(=O)c1ccccc1F)C(=O)N1CC(C)CC(C)C1. The lowest BCUT2D eigenvalue weighted by Gasteiger charge is -2.37. The highest BCUT2D eigenvalue weighted by molar-refractivity contribution is 7.98. The smallest absolute Gasteiger partial charge is 0.244 e. The van der Waals surface area contributed by atoms with Crippen molar-refractivity contribution in [1.82, 2.24) is 9.62 Å². The Bertz CT molecular complexity index is 717. The Morgan fingerprint density at radius 3 is 2.50 bits per heavy atom. The van der Waals surface area contributed by atoms with Crippen LogP contribution in [0.1, 0.15) is 26.7 Å². The molecule has 3 unspecified atom stereocenters. The number of nitrogens with one attached hydrogen (secondary N) is 1. The van der Waals surface area contributed by atoms with Gasteiger partial charge in [0.25, 0.3) is 0 Å². The molecule has 1 N–H and O–H groups in total. The molecule has 146 valence electrons. The molecule has 0 spiro atoms. The first-order valence-electron chi connectivity index (χ1n) is 8.79. The first-order valence-corrected chi connectivity index (χ1v) is 11.7. The van der Waals surface area contributed by atoms with Crippen molar-refractivity contribution in [1.29, 1.82) is 0 Å². The Kier molecular flexibility index (Phi) is 7.49. The number of hydrogen-bond donors (Lipinski definition) is 1. The van der Waals surface area contributed by atoms with Crippen LogP contribution in [0.2, 0.25) is 0 Å². The molecule has 3 atom stereocenters. The number of hydrogen-bond acceptors (Lipinski definition) is 4. The van der Waals surface area contributed by atoms with Gasteiger partial charge in [0.05, 0.1) is 0 Å². The molecule has 1 saturated heterocycles. The van der Waals surface area contributed by atoms with Gasteiger partial charge in [0.2, 0.25) is 15.9 Å². The number of carbonyl (C=O) groups excluding carboxylic acids is 1. The topological polar surface area (TPSA) is 66.5 Å². The quantitative estimate of drug-likeness (QED) is 0.762. The average Bonchev–Trinajstić information content (AvgIpc) is 2.57. The van der Waals surface area contributed by atoms with Gasteiger partial charge in [-0.2, -0.15) is 16.5 Å². The monoisotopic (exact) mass is 402 g/mol. The summed E-state index contributed by atoms with van der Waals surface area (Å²) in [6.07, 6.45) is 3.32. The van der Waals surface area contributed by atoms with Crippen LogP contribution in [0.4, 0.5) is 4.39 Å². The van der Waals surface area contributed by atoms with Gasteiger partial charge >= 0.3 is 0 Å². The van der Waals surface area contributed by atoms with Crippen molar-refractivity contribution in [3.8, 4) is 0 Å². The van der Waals surface area contributed by atoms with E-state index in [2.05, 4.69) is 18.6 Å². The highest BCUT2D eigenvalue weighted by atomic mass is 32.2. The van der Waals surface area contributed by atoms with E-state index in [0.717, 1.165) is 12.5 Å². The standard InChI is InChI=1S/C18H27FN2O3S2/c1-13-10-14(2)12-21(11-13)18(22)16(8-9-25-3)20-26(23,24)17-7-5-4-6-15(17)19/h4-7,13-14,16,20H,8-12H2,1-3H3. The van der Waals surface area contributed by atoms with E-state index in [1.165, 1.54) is 18.2 Å². The van der Waals surface area contributed by atoms with E-state index in [9.17, 15) is 17.6 Å². The summed E-state index contributed by atoms with van der Waals surface area (Å²) in [6, 6.07) is 4.32. The van der Waals surface area contributed by atoms with Gasteiger partial charge in [0.1, 0.15) is 16.8 Å². The molecule has 0 aromatic heterocycles. The number of benzene rings is 1. The van der Waals surface area contributed by atoms with Crippen molar-refractivity contribution in [3.05, 3.63) is 30.1 Å². The summed E-state index contributed by atoms with van der Waals surface area (Å²) in [4.78, 5) is 14.3. The molecule has 0 bridgehead atoms. The third-order valence-corrected chi connectivity index (χ3v) is 6.66. The molecule has 26 heavy (non-hydrogen) atoms. The summed E-state index contributed by atoms with van der Waals surface area (Å²) in [5.41, 5.74) is 0. The Labute approximate surface area is 159 Å². The second kappa shape index (κ2) is 9.19. The van der Waals surface area contributed by atoms with Crippen LogP contribution in [0.25, 0.3) is 0 Å². The number of carbonyl (C=O) groups is 1. The van der Waals surface area contributed by atoms with E-state index in [0.29, 0.717) is 37.1 Å². The van der Waals surface area contributed by atoms with E-state index < -0.39 is 26.8 Å². The second-order valence-corrected chi connectivity index (χ2v) is 9.74. The van der Waals surface area contributed by atoms with Crippen LogP contribution in [-0.4, -0.2) is 50.4 Å². The zero-order chi connectivity index (χ0) is 19.3. The zero-order valence-electron chi connectivity index (χ0n) is 15.4. The highest BCUT2D eigenvalue weighted by Gasteiger charge is 2.33. The Morgan fingerprint density at radius 1 is 1.31 bits per heavy atom. The van der Waals surface area contributed by atoms with Gasteiger partial charge in [-0.25, -0.2) is 12.8 Å². The minimum atomic E-state index is -4.11. The Balaban J connectivity index is 2.21. The third kappa shape index (κ3) is 5.44. The molecule has 1 aromatic carbocycles. The number of thioether (sulfide) groups is 1. The van der Waals surface area contributed by atoms with E-state index in [4.69, 9.17) is 0 Å². The molecule has 1 aromatic rings. The van der Waals surface area contributed by atoms with Crippen LogP contribution in [0.15, 0.2) is 29.2 Å². The molecule has 0 aliphatic carbocycles. The van der Waals surface area contributed by atoms with Crippen molar-refractivity contribution >= 4 is 27.7 Å². The van der Waals surface area contributed by atoms with Gasteiger partial charge < -0.3 is 4.90 Å². The number of nitrogens with zero attached hydrogens (tertiary/aromatic N) is 1. The molecular weight excluding hydrogens is 375 g/mol. The Morgan fingerprint density at radius 2 is 1.92 bits per heavy atom. The van der Waals surface area contributed by atoms with Crippen LogP contribution in [0.5, 0.6) is 0 Å². The summed E-state index contributed by atoms with van der Waals surface area (Å²) in [5.74, 6) is 0.350. The molecule has 5 nitrogen and oxygen atoms in total. The lowest BCUT2D eigenvalue weighted by Crippen LogP contribution is -2.52. The minimum absolute atomic E-state index is 0.225. The van der Waals surface area contributed by atoms with E-state index in [-0.39, 0.29) is 5.91 Å². The van der Waals surface area contributed by atoms with Crippen LogP contribution < -0.4 is 4.72 Å². The lowest BCUT2D eigenvalue weighted by molar-refractivity contribution is -0.135. The predicted molar refractivity (Wildman–Crippen MR) is 103 cm³/mol. The van der Waals surface area contributed by atoms with Crippen LogP contribution >= 0.6 is 11.8 Å². The molecule has 8 heteroatoms. The fourth-order valence-electron chi connectivity index (χ4n) is 3.45. The second-order valence-electron chi connectivity index (χ2n) is 7.08. The number of piperidine rings is 1. The minimum Gasteiger partial charge on any atom is -0.341 e. The molecule has 1 aliphatic heterocycles. The molecule has 1 heterocycles. The fourth-order valence-corrected chi connectivity index (χ4v) is 5.22. The van der Waals surface area contributed by atoms with Crippen molar-refractivity contribution in [2.45, 2.75) is 37.6 Å². The number of rotatable bonds is 7. The fraction of sp³-hybridized carbons (Fsp3) is 0.611. The first-order chi connectivity index (χ1) is 12.2.